The van der Waals surface area contributed by atoms with Crippen LogP contribution in [0.25, 0.3) is 16.5 Å². The Balaban J connectivity index is 2.17. The van der Waals surface area contributed by atoms with Gasteiger partial charge in [0.25, 0.3) is 0 Å². The predicted molar refractivity (Wildman–Crippen MR) is 80.1 cm³/mol. The van der Waals surface area contributed by atoms with Crippen molar-refractivity contribution < 1.29 is 9.90 Å². The molecule has 0 amide bonds. The highest BCUT2D eigenvalue weighted by Crippen LogP contribution is 2.24. The van der Waals surface area contributed by atoms with Crippen LogP contribution in [0.5, 0.6) is 0 Å². The lowest BCUT2D eigenvalue weighted by Crippen LogP contribution is -2.16. The Labute approximate surface area is 123 Å². The number of aromatic nitrogens is 3. The van der Waals surface area contributed by atoms with Crippen LogP contribution in [0.15, 0.2) is 52.4 Å². The maximum absolute atomic E-state index is 12.0. The minimum atomic E-state index is -0.958. The van der Waals surface area contributed by atoms with Crippen molar-refractivity contribution in [3.8, 4) is 5.69 Å². The topological polar surface area (TPSA) is 88.0 Å². The molecule has 0 atom stereocenters. The monoisotopic (exact) mass is 301 g/mol. The van der Waals surface area contributed by atoms with Gasteiger partial charge in [-0.2, -0.15) is 0 Å². The molecule has 106 valence electrons. The number of H-pyrrole nitrogens is 1. The number of carbonyl (C=O) groups is 1. The van der Waals surface area contributed by atoms with Crippen LogP contribution in [0.4, 0.5) is 0 Å². The molecule has 0 aliphatic rings. The summed E-state index contributed by atoms with van der Waals surface area (Å²) in [5, 5.41) is 17.3. The first kappa shape index (κ1) is 13.4. The second-order valence-electron chi connectivity index (χ2n) is 4.33. The molecular weight excluding hydrogens is 290 g/mol. The molecule has 0 saturated carbocycles. The van der Waals surface area contributed by atoms with Crippen molar-refractivity contribution in [2.24, 2.45) is 0 Å². The van der Waals surface area contributed by atoms with Gasteiger partial charge in [-0.25, -0.2) is 14.5 Å². The van der Waals surface area contributed by atoms with E-state index in [1.165, 1.54) is 4.57 Å². The van der Waals surface area contributed by atoms with Crippen molar-refractivity contribution in [1.29, 1.82) is 0 Å². The summed E-state index contributed by atoms with van der Waals surface area (Å²) in [6.07, 6.45) is 0. The summed E-state index contributed by atoms with van der Waals surface area (Å²) < 4.78 is 1.40. The van der Waals surface area contributed by atoms with Gasteiger partial charge in [-0.1, -0.05) is 48.2 Å². The van der Waals surface area contributed by atoms with Gasteiger partial charge in [-0.3, -0.25) is 4.79 Å². The summed E-state index contributed by atoms with van der Waals surface area (Å²) in [7, 11) is 0. The Hall–Kier alpha value is -2.54. The van der Waals surface area contributed by atoms with Gasteiger partial charge in [0.2, 0.25) is 0 Å². The molecule has 0 aliphatic heterocycles. The van der Waals surface area contributed by atoms with Crippen LogP contribution in [0.2, 0.25) is 0 Å². The molecule has 7 heteroatoms. The number of aromatic amines is 1. The lowest BCUT2D eigenvalue weighted by molar-refractivity contribution is -0.133. The Morgan fingerprint density at radius 1 is 1.24 bits per heavy atom. The Morgan fingerprint density at radius 2 is 2.00 bits per heavy atom. The van der Waals surface area contributed by atoms with Crippen LogP contribution in [-0.2, 0) is 4.79 Å². The summed E-state index contributed by atoms with van der Waals surface area (Å²) in [4.78, 5) is 22.7. The fraction of sp³-hybridized carbons (Fsp3) is 0.0714. The third-order valence-corrected chi connectivity index (χ3v) is 3.90. The molecule has 0 bridgehead atoms. The van der Waals surface area contributed by atoms with Crippen LogP contribution >= 0.6 is 11.8 Å². The van der Waals surface area contributed by atoms with Gasteiger partial charge in [-0.05, 0) is 11.5 Å². The molecule has 1 aromatic heterocycles. The van der Waals surface area contributed by atoms with Crippen molar-refractivity contribution in [3.05, 3.63) is 52.9 Å². The van der Waals surface area contributed by atoms with E-state index in [0.717, 1.165) is 22.5 Å². The summed E-state index contributed by atoms with van der Waals surface area (Å²) in [5.41, 5.74) is 0.291. The Morgan fingerprint density at radius 3 is 2.81 bits per heavy atom. The summed E-state index contributed by atoms with van der Waals surface area (Å²) in [6.45, 7) is 0. The minimum Gasteiger partial charge on any atom is -0.481 e. The highest BCUT2D eigenvalue weighted by Gasteiger charge is 2.14. The van der Waals surface area contributed by atoms with Gasteiger partial charge in [0, 0.05) is 5.39 Å². The van der Waals surface area contributed by atoms with Crippen molar-refractivity contribution in [2.75, 3.05) is 5.75 Å². The van der Waals surface area contributed by atoms with Crippen LogP contribution in [0.1, 0.15) is 0 Å². The van der Waals surface area contributed by atoms with Crippen LogP contribution in [0.3, 0.4) is 0 Å². The molecule has 0 saturated heterocycles. The highest BCUT2D eigenvalue weighted by molar-refractivity contribution is 7.99. The predicted octanol–water partition coefficient (Wildman–Crippen LogP) is 1.89. The molecule has 2 N–H and O–H groups in total. The zero-order valence-corrected chi connectivity index (χ0v) is 11.6. The van der Waals surface area contributed by atoms with E-state index >= 15 is 0 Å². The number of hydrogen-bond donors (Lipinski definition) is 2. The number of rotatable bonds is 4. The lowest BCUT2D eigenvalue weighted by Gasteiger charge is -2.08. The highest BCUT2D eigenvalue weighted by atomic mass is 32.2. The van der Waals surface area contributed by atoms with E-state index < -0.39 is 5.97 Å². The number of carboxylic acids is 1. The second-order valence-corrected chi connectivity index (χ2v) is 5.27. The van der Waals surface area contributed by atoms with Gasteiger partial charge in [0.15, 0.2) is 5.16 Å². The number of hydrogen-bond acceptors (Lipinski definition) is 4. The molecule has 3 rings (SSSR count). The van der Waals surface area contributed by atoms with Crippen LogP contribution in [0, 0.1) is 0 Å². The SMILES string of the molecule is O=C(O)CSc1n[nH]c(=O)n1-c1cccc2ccccc12. The smallest absolute Gasteiger partial charge is 0.348 e. The summed E-state index contributed by atoms with van der Waals surface area (Å²) in [5.74, 6) is -1.12. The fourth-order valence-electron chi connectivity index (χ4n) is 2.12. The maximum atomic E-state index is 12.0. The van der Waals surface area contributed by atoms with Gasteiger partial charge in [0.05, 0.1) is 11.4 Å². The summed E-state index contributed by atoms with van der Waals surface area (Å²) >= 11 is 1.00. The number of fused-ring (bicyclic) bond motifs is 1. The normalized spacial score (nSPS) is 10.9. The van der Waals surface area contributed by atoms with Crippen LogP contribution in [-0.4, -0.2) is 31.6 Å². The van der Waals surface area contributed by atoms with Crippen LogP contribution < -0.4 is 5.69 Å². The lowest BCUT2D eigenvalue weighted by atomic mass is 10.1. The molecular formula is C14H11N3O3S. The standard InChI is InChI=1S/C14H11N3O3S/c18-12(19)8-21-14-16-15-13(20)17(14)11-7-3-5-9-4-1-2-6-10(9)11/h1-7H,8H2,(H,15,20)(H,18,19). The van der Waals surface area contributed by atoms with Crippen molar-refractivity contribution >= 4 is 28.5 Å². The Kier molecular flexibility index (Phi) is 3.49. The largest absolute Gasteiger partial charge is 0.481 e. The van der Waals surface area contributed by atoms with E-state index in [1.807, 2.05) is 42.5 Å². The average molecular weight is 301 g/mol. The number of benzene rings is 2. The van der Waals surface area contributed by atoms with E-state index in [9.17, 15) is 9.59 Å². The van der Waals surface area contributed by atoms with E-state index in [2.05, 4.69) is 10.2 Å². The molecule has 0 spiro atoms. The molecule has 1 heterocycles. The average Bonchev–Trinajstić information content (AvgIpc) is 2.85. The molecule has 6 nitrogen and oxygen atoms in total. The van der Waals surface area contributed by atoms with Gasteiger partial charge in [0.1, 0.15) is 0 Å². The van der Waals surface area contributed by atoms with Crippen molar-refractivity contribution in [2.45, 2.75) is 5.16 Å². The number of carboxylic acid groups (broad SMARTS) is 1. The van der Waals surface area contributed by atoms with E-state index in [0.29, 0.717) is 10.8 Å². The van der Waals surface area contributed by atoms with Crippen molar-refractivity contribution in [1.82, 2.24) is 14.8 Å². The van der Waals surface area contributed by atoms with Gasteiger partial charge in [-0.15, -0.1) is 5.10 Å². The zero-order valence-electron chi connectivity index (χ0n) is 10.8. The van der Waals surface area contributed by atoms with E-state index in [-0.39, 0.29) is 11.4 Å². The zero-order chi connectivity index (χ0) is 14.8. The molecule has 3 aromatic rings. The van der Waals surface area contributed by atoms with Gasteiger partial charge < -0.3 is 5.11 Å². The number of nitrogens with one attached hydrogen (secondary N) is 1. The second kappa shape index (κ2) is 5.45. The van der Waals surface area contributed by atoms with E-state index in [4.69, 9.17) is 5.11 Å². The number of nitrogens with zero attached hydrogens (tertiary/aromatic N) is 2. The third-order valence-electron chi connectivity index (χ3n) is 2.97. The quantitative estimate of drug-likeness (QED) is 0.718. The molecule has 0 fully saturated rings. The first-order valence-corrected chi connectivity index (χ1v) is 7.15. The minimum absolute atomic E-state index is 0.158. The van der Waals surface area contributed by atoms with Gasteiger partial charge >= 0.3 is 11.7 Å². The molecule has 21 heavy (non-hydrogen) atoms. The first-order chi connectivity index (χ1) is 10.2. The molecule has 0 unspecified atom stereocenters. The number of aliphatic carboxylic acids is 1. The maximum Gasteiger partial charge on any atom is 0.348 e. The van der Waals surface area contributed by atoms with E-state index in [1.54, 1.807) is 0 Å². The third kappa shape index (κ3) is 2.55. The summed E-state index contributed by atoms with van der Waals surface area (Å²) in [6, 6.07) is 13.3. The molecule has 0 aliphatic carbocycles. The molecule has 0 radical (unpaired) electrons. The van der Waals surface area contributed by atoms with Crippen molar-refractivity contribution in [3.63, 3.8) is 0 Å². The first-order valence-electron chi connectivity index (χ1n) is 6.17. The molecule has 2 aromatic carbocycles. The fourth-order valence-corrected chi connectivity index (χ4v) is 2.79. The number of thioether (sulfide) groups is 1. The Bertz CT molecular complexity index is 864.